The zero-order chi connectivity index (χ0) is 25.7. The monoisotopic (exact) mass is 502 g/mol. The van der Waals surface area contributed by atoms with Crippen LogP contribution in [0.2, 0.25) is 0 Å². The molecule has 0 unspecified atom stereocenters. The number of carbonyl (C=O) groups excluding carboxylic acids is 1. The van der Waals surface area contributed by atoms with E-state index in [-0.39, 0.29) is 18.1 Å². The van der Waals surface area contributed by atoms with Gasteiger partial charge in [0.25, 0.3) is 0 Å². The van der Waals surface area contributed by atoms with Crippen molar-refractivity contribution >= 4 is 17.9 Å². The molecule has 1 aromatic carbocycles. The molecule has 12 heteroatoms. The summed E-state index contributed by atoms with van der Waals surface area (Å²) in [6.45, 7) is 1.90. The van der Waals surface area contributed by atoms with E-state index in [2.05, 4.69) is 9.97 Å². The summed E-state index contributed by atoms with van der Waals surface area (Å²) in [5.41, 5.74) is -0.261. The first-order valence-electron chi connectivity index (χ1n) is 10.9. The fourth-order valence-corrected chi connectivity index (χ4v) is 3.47. The molecule has 0 radical (unpaired) electrons. The molecular formula is C24H21F3N4O5. The SMILES string of the molecule is O=C(O)Cc1ccc(N2CCN(C(=O)Oc3ccc(Oc4ccc(C(F)(F)F)cn4)cc3)CC2)nc1. The number of aromatic nitrogens is 2. The summed E-state index contributed by atoms with van der Waals surface area (Å²) in [6, 6.07) is 11.5. The largest absolute Gasteiger partial charge is 0.481 e. The van der Waals surface area contributed by atoms with Crippen LogP contribution in [0.4, 0.5) is 23.8 Å². The normalized spacial score (nSPS) is 13.9. The molecule has 2 aromatic heterocycles. The zero-order valence-electron chi connectivity index (χ0n) is 18.8. The first-order valence-corrected chi connectivity index (χ1v) is 10.9. The number of anilines is 1. The van der Waals surface area contributed by atoms with Crippen molar-refractivity contribution in [3.63, 3.8) is 0 Å². The Kier molecular flexibility index (Phi) is 7.23. The van der Waals surface area contributed by atoms with Crippen molar-refractivity contribution < 1.29 is 37.3 Å². The third-order valence-electron chi connectivity index (χ3n) is 5.34. The number of alkyl halides is 3. The van der Waals surface area contributed by atoms with Crippen molar-refractivity contribution in [2.24, 2.45) is 0 Å². The van der Waals surface area contributed by atoms with E-state index < -0.39 is 23.8 Å². The van der Waals surface area contributed by atoms with Crippen molar-refractivity contribution in [3.8, 4) is 17.4 Å². The van der Waals surface area contributed by atoms with Gasteiger partial charge in [-0.3, -0.25) is 4.79 Å². The van der Waals surface area contributed by atoms with Crippen LogP contribution in [0.1, 0.15) is 11.1 Å². The maximum atomic E-state index is 12.6. The number of benzene rings is 1. The van der Waals surface area contributed by atoms with Crippen molar-refractivity contribution in [2.75, 3.05) is 31.1 Å². The highest BCUT2D eigenvalue weighted by molar-refractivity contribution is 5.71. The van der Waals surface area contributed by atoms with Gasteiger partial charge in [-0.2, -0.15) is 13.2 Å². The van der Waals surface area contributed by atoms with Crippen LogP contribution in [0.25, 0.3) is 0 Å². The second kappa shape index (κ2) is 10.5. The van der Waals surface area contributed by atoms with Gasteiger partial charge in [-0.25, -0.2) is 14.8 Å². The molecule has 188 valence electrons. The number of carboxylic acids is 1. The number of rotatable bonds is 6. The minimum absolute atomic E-state index is 0.00312. The molecular weight excluding hydrogens is 481 g/mol. The molecule has 0 aliphatic carbocycles. The zero-order valence-corrected chi connectivity index (χ0v) is 18.8. The molecule has 9 nitrogen and oxygen atoms in total. The third-order valence-corrected chi connectivity index (χ3v) is 5.34. The molecule has 0 saturated carbocycles. The van der Waals surface area contributed by atoms with Crippen LogP contribution in [-0.2, 0) is 17.4 Å². The number of pyridine rings is 2. The van der Waals surface area contributed by atoms with E-state index in [0.717, 1.165) is 12.1 Å². The van der Waals surface area contributed by atoms with Crippen LogP contribution in [0.3, 0.4) is 0 Å². The minimum Gasteiger partial charge on any atom is -0.481 e. The number of hydrogen-bond donors (Lipinski definition) is 1. The number of amides is 1. The van der Waals surface area contributed by atoms with Crippen molar-refractivity contribution in [2.45, 2.75) is 12.6 Å². The lowest BCUT2D eigenvalue weighted by atomic mass is 10.2. The smallest absolute Gasteiger partial charge is 0.417 e. The Hall–Kier alpha value is -4.35. The Morgan fingerprint density at radius 1 is 0.889 bits per heavy atom. The van der Waals surface area contributed by atoms with Crippen molar-refractivity contribution in [3.05, 3.63) is 72.1 Å². The molecule has 1 N–H and O–H groups in total. The first-order chi connectivity index (χ1) is 17.2. The fourth-order valence-electron chi connectivity index (χ4n) is 3.47. The second-order valence-electron chi connectivity index (χ2n) is 7.89. The highest BCUT2D eigenvalue weighted by Crippen LogP contribution is 2.30. The molecule has 1 aliphatic rings. The van der Waals surface area contributed by atoms with Gasteiger partial charge in [0.15, 0.2) is 0 Å². The number of nitrogens with zero attached hydrogens (tertiary/aromatic N) is 4. The molecule has 0 bridgehead atoms. The van der Waals surface area contributed by atoms with E-state index >= 15 is 0 Å². The Morgan fingerprint density at radius 2 is 1.58 bits per heavy atom. The number of aliphatic carboxylic acids is 1. The van der Waals surface area contributed by atoms with Crippen LogP contribution in [-0.4, -0.2) is 58.2 Å². The summed E-state index contributed by atoms with van der Waals surface area (Å²) >= 11 is 0. The fraction of sp³-hybridized carbons (Fsp3) is 0.250. The van der Waals surface area contributed by atoms with E-state index in [4.69, 9.17) is 14.6 Å². The number of carbonyl (C=O) groups is 2. The van der Waals surface area contributed by atoms with Crippen LogP contribution in [0, 0.1) is 0 Å². The topological polar surface area (TPSA) is 105 Å². The van der Waals surface area contributed by atoms with E-state index in [1.165, 1.54) is 30.5 Å². The van der Waals surface area contributed by atoms with Crippen LogP contribution < -0.4 is 14.4 Å². The van der Waals surface area contributed by atoms with Gasteiger partial charge in [0.1, 0.15) is 17.3 Å². The molecule has 36 heavy (non-hydrogen) atoms. The van der Waals surface area contributed by atoms with E-state index in [9.17, 15) is 22.8 Å². The maximum absolute atomic E-state index is 12.6. The lowest BCUT2D eigenvalue weighted by molar-refractivity contribution is -0.138. The van der Waals surface area contributed by atoms with Gasteiger partial charge in [0.2, 0.25) is 5.88 Å². The summed E-state index contributed by atoms with van der Waals surface area (Å²) in [5, 5.41) is 8.85. The van der Waals surface area contributed by atoms with Crippen LogP contribution in [0.5, 0.6) is 17.4 Å². The Labute approximate surface area is 203 Å². The van der Waals surface area contributed by atoms with Gasteiger partial charge in [-0.05, 0) is 42.0 Å². The number of carboxylic acid groups (broad SMARTS) is 1. The molecule has 1 fully saturated rings. The van der Waals surface area contributed by atoms with Gasteiger partial charge in [-0.1, -0.05) is 6.07 Å². The maximum Gasteiger partial charge on any atom is 0.417 e. The Bertz CT molecular complexity index is 1190. The number of halogens is 3. The summed E-state index contributed by atoms with van der Waals surface area (Å²) in [6.07, 6.45) is -2.86. The average molecular weight is 502 g/mol. The summed E-state index contributed by atoms with van der Waals surface area (Å²) in [4.78, 5) is 34.8. The third kappa shape index (κ3) is 6.40. The molecule has 1 amide bonds. The highest BCUT2D eigenvalue weighted by Gasteiger charge is 2.30. The lowest BCUT2D eigenvalue weighted by Gasteiger charge is -2.34. The predicted octanol–water partition coefficient (Wildman–Crippen LogP) is 4.24. The molecule has 0 atom stereocenters. The van der Waals surface area contributed by atoms with E-state index in [1.807, 2.05) is 4.90 Å². The van der Waals surface area contributed by atoms with Gasteiger partial charge in [0.05, 0.1) is 12.0 Å². The van der Waals surface area contributed by atoms with Crippen LogP contribution >= 0.6 is 0 Å². The predicted molar refractivity (Wildman–Crippen MR) is 121 cm³/mol. The summed E-state index contributed by atoms with van der Waals surface area (Å²) in [7, 11) is 0. The molecule has 3 heterocycles. The van der Waals surface area contributed by atoms with E-state index in [0.29, 0.717) is 49.5 Å². The van der Waals surface area contributed by atoms with Gasteiger partial charge >= 0.3 is 18.2 Å². The molecule has 1 saturated heterocycles. The van der Waals surface area contributed by atoms with Gasteiger partial charge in [0, 0.05) is 44.6 Å². The van der Waals surface area contributed by atoms with E-state index in [1.54, 1.807) is 17.0 Å². The van der Waals surface area contributed by atoms with Crippen molar-refractivity contribution in [1.29, 1.82) is 0 Å². The quantitative estimate of drug-likeness (QED) is 0.534. The lowest BCUT2D eigenvalue weighted by Crippen LogP contribution is -2.49. The number of piperazine rings is 1. The standard InChI is InChI=1S/C24H21F3N4O5/c25-24(26,27)17-2-8-21(29-15-17)35-18-3-5-19(6-4-18)36-23(34)31-11-9-30(10-12-31)20-7-1-16(14-28-20)13-22(32)33/h1-8,14-15H,9-13H2,(H,32,33). The average Bonchev–Trinajstić information content (AvgIpc) is 2.85. The van der Waals surface area contributed by atoms with Gasteiger partial charge in [-0.15, -0.1) is 0 Å². The Balaban J connectivity index is 1.26. The molecule has 3 aromatic rings. The molecule has 4 rings (SSSR count). The summed E-state index contributed by atoms with van der Waals surface area (Å²) < 4.78 is 48.7. The van der Waals surface area contributed by atoms with Gasteiger partial charge < -0.3 is 24.4 Å². The first kappa shape index (κ1) is 24.8. The van der Waals surface area contributed by atoms with Crippen molar-refractivity contribution in [1.82, 2.24) is 14.9 Å². The summed E-state index contributed by atoms with van der Waals surface area (Å²) in [5.74, 6) is 0.380. The Morgan fingerprint density at radius 3 is 2.14 bits per heavy atom. The molecule has 0 spiro atoms. The minimum atomic E-state index is -4.48. The molecule has 1 aliphatic heterocycles. The highest BCUT2D eigenvalue weighted by atomic mass is 19.4. The second-order valence-corrected chi connectivity index (χ2v) is 7.89. The number of ether oxygens (including phenoxy) is 2. The number of hydrogen-bond acceptors (Lipinski definition) is 7. The van der Waals surface area contributed by atoms with Crippen LogP contribution in [0.15, 0.2) is 60.9 Å².